The van der Waals surface area contributed by atoms with E-state index >= 15 is 0 Å². The molecule has 0 bridgehead atoms. The summed E-state index contributed by atoms with van der Waals surface area (Å²) in [7, 11) is 0. The van der Waals surface area contributed by atoms with E-state index < -0.39 is 0 Å². The van der Waals surface area contributed by atoms with E-state index in [-0.39, 0.29) is 12.1 Å². The van der Waals surface area contributed by atoms with Crippen molar-refractivity contribution in [2.75, 3.05) is 6.54 Å². The van der Waals surface area contributed by atoms with E-state index in [0.29, 0.717) is 6.04 Å². The number of nitrogens with zero attached hydrogens (tertiary/aromatic N) is 1. The molecule has 148 valence electrons. The molecule has 1 fully saturated rings. The number of carbonyl (C=O) groups excluding carboxylic acids is 1. The number of rotatable bonds is 2. The highest BCUT2D eigenvalue weighted by atomic mass is 32.1. The molecule has 3 aliphatic rings. The van der Waals surface area contributed by atoms with Crippen molar-refractivity contribution in [2.24, 2.45) is 0 Å². The van der Waals surface area contributed by atoms with Crippen molar-refractivity contribution in [3.05, 3.63) is 56.8 Å². The number of urea groups is 1. The first-order valence-corrected chi connectivity index (χ1v) is 11.9. The molecule has 2 aliphatic carbocycles. The highest BCUT2D eigenvalue weighted by molar-refractivity contribution is 7.12. The van der Waals surface area contributed by atoms with Gasteiger partial charge in [0.1, 0.15) is 0 Å². The van der Waals surface area contributed by atoms with Crippen LogP contribution in [-0.2, 0) is 19.3 Å². The Balaban J connectivity index is 1.48. The van der Waals surface area contributed by atoms with Gasteiger partial charge in [-0.3, -0.25) is 0 Å². The second kappa shape index (κ2) is 7.90. The molecule has 1 aliphatic heterocycles. The third-order valence-electron chi connectivity index (χ3n) is 6.78. The SMILES string of the molecule is O=C(NC1CCCCC1)N1CCc2c(sc3c2CCCC3)[C@H]1c1ccccc1. The summed E-state index contributed by atoms with van der Waals surface area (Å²) in [5, 5.41) is 3.37. The van der Waals surface area contributed by atoms with Gasteiger partial charge in [-0.25, -0.2) is 4.79 Å². The Hall–Kier alpha value is -1.81. The number of fused-ring (bicyclic) bond motifs is 3. The van der Waals surface area contributed by atoms with Crippen molar-refractivity contribution >= 4 is 17.4 Å². The third-order valence-corrected chi connectivity index (χ3v) is 8.17. The zero-order chi connectivity index (χ0) is 18.9. The number of hydrogen-bond acceptors (Lipinski definition) is 2. The molecule has 3 nitrogen and oxygen atoms in total. The largest absolute Gasteiger partial charge is 0.335 e. The van der Waals surface area contributed by atoms with Crippen molar-refractivity contribution in [3.8, 4) is 0 Å². The first-order valence-electron chi connectivity index (χ1n) is 11.1. The van der Waals surface area contributed by atoms with Crippen LogP contribution in [0.3, 0.4) is 0 Å². The predicted molar refractivity (Wildman–Crippen MR) is 115 cm³/mol. The van der Waals surface area contributed by atoms with Crippen LogP contribution >= 0.6 is 11.3 Å². The Bertz CT molecular complexity index is 838. The maximum Gasteiger partial charge on any atom is 0.318 e. The van der Waals surface area contributed by atoms with Crippen LogP contribution < -0.4 is 5.32 Å². The minimum absolute atomic E-state index is 0.0733. The number of benzene rings is 1. The molecule has 28 heavy (non-hydrogen) atoms. The molecule has 5 rings (SSSR count). The molecule has 1 aromatic carbocycles. The van der Waals surface area contributed by atoms with Gasteiger partial charge in [-0.1, -0.05) is 49.6 Å². The molecule has 1 atom stereocenters. The summed E-state index contributed by atoms with van der Waals surface area (Å²) in [6.45, 7) is 0.828. The quantitative estimate of drug-likeness (QED) is 0.705. The number of hydrogen-bond donors (Lipinski definition) is 1. The Morgan fingerprint density at radius 1 is 0.929 bits per heavy atom. The van der Waals surface area contributed by atoms with Crippen molar-refractivity contribution < 1.29 is 4.79 Å². The van der Waals surface area contributed by atoms with Crippen LogP contribution in [0.4, 0.5) is 4.79 Å². The molecule has 1 saturated carbocycles. The molecule has 1 aromatic heterocycles. The average molecular weight is 395 g/mol. The van der Waals surface area contributed by atoms with Gasteiger partial charge in [-0.15, -0.1) is 11.3 Å². The topological polar surface area (TPSA) is 32.3 Å². The first-order chi connectivity index (χ1) is 13.8. The molecule has 2 amide bonds. The van der Waals surface area contributed by atoms with Gasteiger partial charge < -0.3 is 10.2 Å². The fourth-order valence-electron chi connectivity index (χ4n) is 5.34. The molecule has 0 unspecified atom stereocenters. The number of amides is 2. The van der Waals surface area contributed by atoms with Crippen molar-refractivity contribution in [1.29, 1.82) is 0 Å². The van der Waals surface area contributed by atoms with Crippen molar-refractivity contribution in [3.63, 3.8) is 0 Å². The molecular formula is C24H30N2OS. The zero-order valence-electron chi connectivity index (χ0n) is 16.6. The molecule has 0 radical (unpaired) electrons. The maximum atomic E-state index is 13.3. The molecule has 0 spiro atoms. The number of aryl methyl sites for hydroxylation is 1. The van der Waals surface area contributed by atoms with E-state index in [9.17, 15) is 4.79 Å². The smallest absolute Gasteiger partial charge is 0.318 e. The summed E-state index contributed by atoms with van der Waals surface area (Å²) in [5.41, 5.74) is 4.44. The normalized spacial score (nSPS) is 22.4. The second-order valence-corrected chi connectivity index (χ2v) is 9.73. The van der Waals surface area contributed by atoms with Gasteiger partial charge in [0.05, 0.1) is 6.04 Å². The summed E-state index contributed by atoms with van der Waals surface area (Å²) in [6.07, 6.45) is 12.2. The van der Waals surface area contributed by atoms with E-state index in [4.69, 9.17) is 0 Å². The van der Waals surface area contributed by atoms with Crippen LogP contribution in [0.2, 0.25) is 0 Å². The highest BCUT2D eigenvalue weighted by Gasteiger charge is 2.36. The summed E-state index contributed by atoms with van der Waals surface area (Å²) in [5.74, 6) is 0. The molecule has 1 N–H and O–H groups in total. The lowest BCUT2D eigenvalue weighted by atomic mass is 9.88. The summed E-state index contributed by atoms with van der Waals surface area (Å²) < 4.78 is 0. The minimum atomic E-state index is 0.0733. The fraction of sp³-hybridized carbons (Fsp3) is 0.542. The first kappa shape index (κ1) is 18.2. The van der Waals surface area contributed by atoms with E-state index in [0.717, 1.165) is 25.8 Å². The second-order valence-electron chi connectivity index (χ2n) is 8.59. The standard InChI is InChI=1S/C24H30N2OS/c27-24(25-18-11-5-2-6-12-18)26-16-15-20-19-13-7-8-14-21(19)28-23(20)22(26)17-9-3-1-4-10-17/h1,3-4,9-10,18,22H,2,5-8,11-16H2,(H,25,27)/t22-/m1/s1. The van der Waals surface area contributed by atoms with Gasteiger partial charge in [0.25, 0.3) is 0 Å². The predicted octanol–water partition coefficient (Wildman–Crippen LogP) is 5.62. The molecular weight excluding hydrogens is 364 g/mol. The lowest BCUT2D eigenvalue weighted by Crippen LogP contribution is -2.49. The van der Waals surface area contributed by atoms with Gasteiger partial charge in [0.2, 0.25) is 0 Å². The number of nitrogens with one attached hydrogen (secondary N) is 1. The van der Waals surface area contributed by atoms with Gasteiger partial charge in [-0.05, 0) is 61.6 Å². The lowest BCUT2D eigenvalue weighted by Gasteiger charge is -2.37. The van der Waals surface area contributed by atoms with E-state index in [1.807, 2.05) is 11.3 Å². The van der Waals surface area contributed by atoms with E-state index in [1.165, 1.54) is 55.4 Å². The van der Waals surface area contributed by atoms with Gasteiger partial charge >= 0.3 is 6.03 Å². The van der Waals surface area contributed by atoms with Crippen LogP contribution in [-0.4, -0.2) is 23.5 Å². The minimum Gasteiger partial charge on any atom is -0.335 e. The Morgan fingerprint density at radius 2 is 1.71 bits per heavy atom. The van der Waals surface area contributed by atoms with Crippen molar-refractivity contribution in [2.45, 2.75) is 76.3 Å². The van der Waals surface area contributed by atoms with Crippen LogP contribution in [0.5, 0.6) is 0 Å². The summed E-state index contributed by atoms with van der Waals surface area (Å²) in [4.78, 5) is 18.5. The van der Waals surface area contributed by atoms with Crippen molar-refractivity contribution in [1.82, 2.24) is 10.2 Å². The Kier molecular flexibility index (Phi) is 5.15. The number of carbonyl (C=O) groups is 1. The Labute approximate surface area is 172 Å². The summed E-state index contributed by atoms with van der Waals surface area (Å²) >= 11 is 1.99. The van der Waals surface area contributed by atoms with Gasteiger partial charge in [0.15, 0.2) is 0 Å². The van der Waals surface area contributed by atoms with E-state index in [2.05, 4.69) is 40.5 Å². The molecule has 4 heteroatoms. The summed E-state index contributed by atoms with van der Waals surface area (Å²) in [6, 6.07) is 11.2. The maximum absolute atomic E-state index is 13.3. The van der Waals surface area contributed by atoms with Gasteiger partial charge in [0, 0.05) is 22.3 Å². The molecule has 0 saturated heterocycles. The number of thiophene rings is 1. The molecule has 2 heterocycles. The lowest BCUT2D eigenvalue weighted by molar-refractivity contribution is 0.174. The van der Waals surface area contributed by atoms with Gasteiger partial charge in [-0.2, -0.15) is 0 Å². The zero-order valence-corrected chi connectivity index (χ0v) is 17.4. The van der Waals surface area contributed by atoms with Crippen LogP contribution in [0.1, 0.15) is 77.4 Å². The fourth-order valence-corrected chi connectivity index (χ4v) is 6.92. The molecule has 2 aromatic rings. The average Bonchev–Trinajstić information content (AvgIpc) is 3.13. The van der Waals surface area contributed by atoms with Crippen LogP contribution in [0.15, 0.2) is 30.3 Å². The van der Waals surface area contributed by atoms with Crippen LogP contribution in [0.25, 0.3) is 0 Å². The third kappa shape index (κ3) is 3.36. The monoisotopic (exact) mass is 394 g/mol. The van der Waals surface area contributed by atoms with Crippen LogP contribution in [0, 0.1) is 0 Å². The highest BCUT2D eigenvalue weighted by Crippen LogP contribution is 2.45. The van der Waals surface area contributed by atoms with E-state index in [1.54, 1.807) is 16.0 Å². The Morgan fingerprint density at radius 3 is 2.54 bits per heavy atom.